The fourth-order valence-electron chi connectivity index (χ4n) is 7.81. The predicted molar refractivity (Wildman–Crippen MR) is 330 cm³/mol. The quantitative estimate of drug-likeness (QED) is 0.0228. The van der Waals surface area contributed by atoms with Crippen molar-refractivity contribution in [2.75, 3.05) is 13.2 Å². The second-order valence-corrected chi connectivity index (χ2v) is 19.5. The van der Waals surface area contributed by atoms with Crippen molar-refractivity contribution in [2.24, 2.45) is 0 Å². The zero-order valence-corrected chi connectivity index (χ0v) is 49.4. The third kappa shape index (κ3) is 44.4. The minimum absolute atomic E-state index is 0.105. The molecule has 1 saturated heterocycles. The smallest absolute Gasteiger partial charge is 0.335 e. The van der Waals surface area contributed by atoms with Gasteiger partial charge in [-0.25, -0.2) is 4.79 Å². The van der Waals surface area contributed by atoms with Gasteiger partial charge in [0.2, 0.25) is 0 Å². The normalized spacial score (nSPS) is 19.0. The summed E-state index contributed by atoms with van der Waals surface area (Å²) < 4.78 is 28.3. The summed E-state index contributed by atoms with van der Waals surface area (Å²) in [6.45, 7) is 5.54. The average molecular weight is 1120 g/mol. The highest BCUT2D eigenvalue weighted by molar-refractivity contribution is 5.74. The van der Waals surface area contributed by atoms with Gasteiger partial charge >= 0.3 is 23.9 Å². The Morgan fingerprint density at radius 3 is 1.19 bits per heavy atom. The van der Waals surface area contributed by atoms with Crippen molar-refractivity contribution < 1.29 is 58.2 Å². The Balaban J connectivity index is 2.79. The molecule has 1 heterocycles. The van der Waals surface area contributed by atoms with Gasteiger partial charge in [0.15, 0.2) is 24.6 Å². The number of aliphatic carboxylic acids is 1. The number of allylic oxidation sites excluding steroid dienone is 27. The van der Waals surface area contributed by atoms with Crippen LogP contribution in [-0.2, 0) is 42.9 Å². The molecule has 1 rings (SSSR count). The predicted octanol–water partition coefficient (Wildman–Crippen LogP) is 15.9. The molecule has 0 aliphatic carbocycles. The maximum atomic E-state index is 13.2. The monoisotopic (exact) mass is 1120 g/mol. The minimum atomic E-state index is -1.95. The Morgan fingerprint density at radius 2 is 0.778 bits per heavy atom. The highest BCUT2D eigenvalue weighted by Gasteiger charge is 2.50. The van der Waals surface area contributed by atoms with Crippen LogP contribution in [0.15, 0.2) is 170 Å². The van der Waals surface area contributed by atoms with Crippen molar-refractivity contribution in [3.05, 3.63) is 170 Å². The third-order valence-corrected chi connectivity index (χ3v) is 12.3. The molecule has 0 spiro atoms. The molecule has 12 nitrogen and oxygen atoms in total. The maximum Gasteiger partial charge on any atom is 0.335 e. The molecular formula is C69H102O12. The molecule has 3 N–H and O–H groups in total. The molecule has 0 aromatic rings. The molecule has 12 heteroatoms. The Labute approximate surface area is 487 Å². The van der Waals surface area contributed by atoms with Gasteiger partial charge in [0.25, 0.3) is 0 Å². The number of carboxylic acid groups (broad SMARTS) is 1. The number of carbonyl (C=O) groups is 4. The molecular weight excluding hydrogens is 1020 g/mol. The summed E-state index contributed by atoms with van der Waals surface area (Å²) in [4.78, 5) is 51.2. The Bertz CT molecular complexity index is 2060. The zero-order chi connectivity index (χ0) is 58.9. The van der Waals surface area contributed by atoms with E-state index in [0.29, 0.717) is 19.3 Å². The van der Waals surface area contributed by atoms with E-state index in [1.165, 1.54) is 0 Å². The van der Waals surface area contributed by atoms with E-state index in [9.17, 15) is 34.5 Å². The van der Waals surface area contributed by atoms with E-state index >= 15 is 0 Å². The van der Waals surface area contributed by atoms with E-state index in [1.54, 1.807) is 12.2 Å². The molecule has 1 aliphatic heterocycles. The molecule has 0 radical (unpaired) electrons. The summed E-state index contributed by atoms with van der Waals surface area (Å²) in [6, 6.07) is 0. The largest absolute Gasteiger partial charge is 0.479 e. The number of aliphatic hydroxyl groups excluding tert-OH is 2. The maximum absolute atomic E-state index is 13.2. The molecule has 1 aliphatic rings. The van der Waals surface area contributed by atoms with Crippen LogP contribution < -0.4 is 0 Å². The van der Waals surface area contributed by atoms with Crippen LogP contribution in [0.1, 0.15) is 188 Å². The second kappa shape index (κ2) is 54.7. The van der Waals surface area contributed by atoms with Gasteiger partial charge in [0.1, 0.15) is 18.8 Å². The molecule has 81 heavy (non-hydrogen) atoms. The van der Waals surface area contributed by atoms with Crippen LogP contribution in [0.3, 0.4) is 0 Å². The highest BCUT2D eigenvalue weighted by Crippen LogP contribution is 2.26. The number of rotatable bonds is 48. The van der Waals surface area contributed by atoms with Gasteiger partial charge in [0.05, 0.1) is 13.0 Å². The Kier molecular flexibility index (Phi) is 49.3. The van der Waals surface area contributed by atoms with Crippen LogP contribution >= 0.6 is 0 Å². The zero-order valence-electron chi connectivity index (χ0n) is 49.4. The SMILES string of the molecule is CC/C=C\C/C=C\C/C=C\C/C=C\C/C=C\CCCCCC(=O)OCC(COC1OC(C(=O)O)C(O)C(O)C1OC(=O)C/C=C\C/C=C\C/C=C\C/C=C\C/C=C\CC)OC(=O)CCCCCC/C=C\C/C=C\C/C=C\C/C=C\CC. The van der Waals surface area contributed by atoms with Crippen molar-refractivity contribution in [1.82, 2.24) is 0 Å². The van der Waals surface area contributed by atoms with Crippen LogP contribution in [0.2, 0.25) is 0 Å². The van der Waals surface area contributed by atoms with Crippen molar-refractivity contribution in [3.8, 4) is 0 Å². The van der Waals surface area contributed by atoms with Gasteiger partial charge in [-0.2, -0.15) is 0 Å². The average Bonchev–Trinajstić information content (AvgIpc) is 3.53. The van der Waals surface area contributed by atoms with Crippen molar-refractivity contribution >= 4 is 23.9 Å². The van der Waals surface area contributed by atoms with Crippen LogP contribution in [0, 0.1) is 0 Å². The van der Waals surface area contributed by atoms with Crippen LogP contribution in [-0.4, -0.2) is 89.2 Å². The third-order valence-electron chi connectivity index (χ3n) is 12.3. The van der Waals surface area contributed by atoms with Crippen LogP contribution in [0.25, 0.3) is 0 Å². The van der Waals surface area contributed by atoms with Gasteiger partial charge in [0, 0.05) is 12.8 Å². The van der Waals surface area contributed by atoms with E-state index < -0.39 is 67.3 Å². The Hall–Kier alpha value is -5.92. The first kappa shape index (κ1) is 73.1. The summed E-state index contributed by atoms with van der Waals surface area (Å²) in [5.74, 6) is -3.39. The number of hydrogen-bond donors (Lipinski definition) is 3. The summed E-state index contributed by atoms with van der Waals surface area (Å²) in [6.07, 6.45) is 69.1. The first-order chi connectivity index (χ1) is 39.6. The number of hydrogen-bond acceptors (Lipinski definition) is 11. The Morgan fingerprint density at radius 1 is 0.420 bits per heavy atom. The first-order valence-corrected chi connectivity index (χ1v) is 30.1. The lowest BCUT2D eigenvalue weighted by Gasteiger charge is -2.40. The van der Waals surface area contributed by atoms with Gasteiger partial charge in [-0.15, -0.1) is 0 Å². The van der Waals surface area contributed by atoms with E-state index in [4.69, 9.17) is 23.7 Å². The molecule has 0 aromatic carbocycles. The molecule has 1 fully saturated rings. The van der Waals surface area contributed by atoms with Crippen molar-refractivity contribution in [3.63, 3.8) is 0 Å². The lowest BCUT2D eigenvalue weighted by atomic mass is 9.98. The summed E-state index contributed by atoms with van der Waals surface area (Å²) >= 11 is 0. The van der Waals surface area contributed by atoms with Crippen molar-refractivity contribution in [2.45, 2.75) is 225 Å². The lowest BCUT2D eigenvalue weighted by molar-refractivity contribution is -0.301. The van der Waals surface area contributed by atoms with Crippen molar-refractivity contribution in [1.29, 1.82) is 0 Å². The molecule has 0 amide bonds. The molecule has 6 unspecified atom stereocenters. The molecule has 6 atom stereocenters. The van der Waals surface area contributed by atoms with Gasteiger partial charge < -0.3 is 39.0 Å². The number of ether oxygens (including phenoxy) is 5. The summed E-state index contributed by atoms with van der Waals surface area (Å²) in [5, 5.41) is 31.5. The van der Waals surface area contributed by atoms with Gasteiger partial charge in [-0.05, 0) is 128 Å². The molecule has 450 valence electrons. The van der Waals surface area contributed by atoms with Gasteiger partial charge in [-0.1, -0.05) is 210 Å². The first-order valence-electron chi connectivity index (χ1n) is 30.1. The number of aliphatic hydroxyl groups is 2. The lowest BCUT2D eigenvalue weighted by Crippen LogP contribution is -2.61. The molecule has 0 bridgehead atoms. The fourth-order valence-corrected chi connectivity index (χ4v) is 7.81. The number of unbranched alkanes of at least 4 members (excludes halogenated alkanes) is 7. The van der Waals surface area contributed by atoms with Crippen LogP contribution in [0.4, 0.5) is 0 Å². The van der Waals surface area contributed by atoms with Crippen LogP contribution in [0.5, 0.6) is 0 Å². The van der Waals surface area contributed by atoms with E-state index in [2.05, 4.69) is 167 Å². The number of carbonyl (C=O) groups excluding carboxylic acids is 3. The second-order valence-electron chi connectivity index (χ2n) is 19.5. The topological polar surface area (TPSA) is 175 Å². The van der Waals surface area contributed by atoms with Gasteiger partial charge in [-0.3, -0.25) is 14.4 Å². The standard InChI is InChI=1S/C69H102O12/c1-4-7-10-13-16-19-22-25-28-30-31-33-35-37-40-43-46-49-52-55-61(70)77-58-60(79-62(71)56-53-50-47-44-41-39-36-32-29-26-23-20-17-14-11-8-5-2)59-78-69-67(65(74)64(73)66(81-69)68(75)76)80-63(72)57-54-51-48-45-42-38-34-27-24-21-18-15-12-9-6-3/h7-12,16-21,25-29,31,33-34,36-37,39-40,42,45,51,54,60,64-67,69,73-74H,4-6,13-15,22-24,30,32,35,38,41,43-44,46-50,52-53,55-59H2,1-3H3,(H,75,76)/b10-7-,11-8-,12-9-,19-16-,20-17-,21-18-,28-25-,29-26-,33-31-,34-27-,39-36-,40-37-,45-42-,54-51-. The summed E-state index contributed by atoms with van der Waals surface area (Å²) in [5.41, 5.74) is 0. The molecule has 0 aromatic heterocycles. The number of esters is 3. The molecule has 0 saturated carbocycles. The fraction of sp³-hybridized carbons (Fsp3) is 0.536. The highest BCUT2D eigenvalue weighted by atomic mass is 16.7. The van der Waals surface area contributed by atoms with E-state index in [-0.39, 0.29) is 25.9 Å². The van der Waals surface area contributed by atoms with E-state index in [0.717, 1.165) is 128 Å². The minimum Gasteiger partial charge on any atom is -0.479 e. The van der Waals surface area contributed by atoms with E-state index in [1.807, 2.05) is 12.2 Å². The number of carboxylic acids is 1. The summed E-state index contributed by atoms with van der Waals surface area (Å²) in [7, 11) is 0.